The van der Waals surface area contributed by atoms with Crippen molar-refractivity contribution < 1.29 is 4.79 Å². The normalized spacial score (nSPS) is 14.4. The van der Waals surface area contributed by atoms with Gasteiger partial charge in [-0.15, -0.1) is 0 Å². The van der Waals surface area contributed by atoms with Gasteiger partial charge in [0.2, 0.25) is 5.91 Å². The number of carbonyl (C=O) groups is 1. The first kappa shape index (κ1) is 21.6. The molecule has 7 nitrogen and oxygen atoms in total. The van der Waals surface area contributed by atoms with Gasteiger partial charge in [0.15, 0.2) is 0 Å². The number of benzene rings is 1. The number of nitriles is 1. The molecule has 0 atom stereocenters. The highest BCUT2D eigenvalue weighted by atomic mass is 16.2. The predicted molar refractivity (Wildman–Crippen MR) is 121 cm³/mol. The van der Waals surface area contributed by atoms with Crippen LogP contribution in [-0.2, 0) is 4.79 Å². The van der Waals surface area contributed by atoms with Crippen LogP contribution < -0.4 is 15.1 Å². The van der Waals surface area contributed by atoms with Crippen molar-refractivity contribution in [1.82, 2.24) is 9.88 Å². The molecule has 2 aromatic rings. The van der Waals surface area contributed by atoms with Crippen LogP contribution in [0.25, 0.3) is 0 Å². The van der Waals surface area contributed by atoms with Crippen molar-refractivity contribution in [1.29, 1.82) is 5.26 Å². The van der Waals surface area contributed by atoms with Crippen LogP contribution >= 0.6 is 0 Å². The Morgan fingerprint density at radius 1 is 1.20 bits per heavy atom. The highest BCUT2D eigenvalue weighted by Gasteiger charge is 2.21. The fourth-order valence-electron chi connectivity index (χ4n) is 3.84. The first-order chi connectivity index (χ1) is 14.5. The maximum absolute atomic E-state index is 12.5. The number of hydrogen-bond donors (Lipinski definition) is 1. The van der Waals surface area contributed by atoms with Crippen molar-refractivity contribution in [2.45, 2.75) is 26.8 Å². The molecule has 158 valence electrons. The lowest BCUT2D eigenvalue weighted by molar-refractivity contribution is -0.117. The van der Waals surface area contributed by atoms with E-state index in [9.17, 15) is 10.1 Å². The lowest BCUT2D eigenvalue weighted by Gasteiger charge is -2.35. The predicted octanol–water partition coefficient (Wildman–Crippen LogP) is 2.95. The van der Waals surface area contributed by atoms with E-state index >= 15 is 0 Å². The van der Waals surface area contributed by atoms with Crippen LogP contribution in [0.2, 0.25) is 0 Å². The van der Waals surface area contributed by atoms with Gasteiger partial charge in [0.1, 0.15) is 11.9 Å². The SMILES string of the molecule is CCN(c1ccc(NC(=O)CN2CCN(c3ncccc3C#N)CC2)cc1)C(C)C. The third-order valence-corrected chi connectivity index (χ3v) is 5.39. The molecule has 3 rings (SSSR count). The second kappa shape index (κ2) is 10.1. The average Bonchev–Trinajstić information content (AvgIpc) is 2.75. The van der Waals surface area contributed by atoms with E-state index in [2.05, 4.69) is 64.0 Å². The fraction of sp³-hybridized carbons (Fsp3) is 0.435. The van der Waals surface area contributed by atoms with Gasteiger partial charge >= 0.3 is 0 Å². The third kappa shape index (κ3) is 5.28. The summed E-state index contributed by atoms with van der Waals surface area (Å²) in [5, 5.41) is 12.3. The van der Waals surface area contributed by atoms with Crippen LogP contribution in [0.3, 0.4) is 0 Å². The second-order valence-electron chi connectivity index (χ2n) is 7.72. The Labute approximate surface area is 178 Å². The summed E-state index contributed by atoms with van der Waals surface area (Å²) in [6, 6.07) is 14.2. The van der Waals surface area contributed by atoms with Gasteiger partial charge < -0.3 is 15.1 Å². The molecule has 0 bridgehead atoms. The molecule has 7 heteroatoms. The number of piperazine rings is 1. The summed E-state index contributed by atoms with van der Waals surface area (Å²) < 4.78 is 0. The molecule has 0 spiro atoms. The molecule has 2 heterocycles. The van der Waals surface area contributed by atoms with Gasteiger partial charge in [0.05, 0.1) is 12.1 Å². The quantitative estimate of drug-likeness (QED) is 0.762. The molecular weight excluding hydrogens is 376 g/mol. The van der Waals surface area contributed by atoms with E-state index < -0.39 is 0 Å². The number of nitrogens with zero attached hydrogens (tertiary/aromatic N) is 5. The molecule has 1 saturated heterocycles. The topological polar surface area (TPSA) is 75.5 Å². The summed E-state index contributed by atoms with van der Waals surface area (Å²) in [7, 11) is 0. The average molecular weight is 407 g/mol. The first-order valence-electron chi connectivity index (χ1n) is 10.5. The third-order valence-electron chi connectivity index (χ3n) is 5.39. The lowest BCUT2D eigenvalue weighted by Crippen LogP contribution is -2.49. The molecule has 30 heavy (non-hydrogen) atoms. The van der Waals surface area contributed by atoms with Crippen molar-refractivity contribution in [3.63, 3.8) is 0 Å². The van der Waals surface area contributed by atoms with Crippen molar-refractivity contribution >= 4 is 23.1 Å². The van der Waals surface area contributed by atoms with E-state index in [1.165, 1.54) is 0 Å². The van der Waals surface area contributed by atoms with E-state index in [0.29, 0.717) is 18.2 Å². The Kier molecular flexibility index (Phi) is 7.26. The van der Waals surface area contributed by atoms with Gasteiger partial charge in [0.25, 0.3) is 0 Å². The molecule has 0 radical (unpaired) electrons. The number of carbonyl (C=O) groups excluding carboxylic acids is 1. The number of rotatable bonds is 7. The van der Waals surface area contributed by atoms with Gasteiger partial charge in [-0.2, -0.15) is 5.26 Å². The molecule has 0 saturated carbocycles. The number of aromatic nitrogens is 1. The largest absolute Gasteiger partial charge is 0.369 e. The molecule has 1 N–H and O–H groups in total. The maximum Gasteiger partial charge on any atom is 0.238 e. The minimum atomic E-state index is -0.0112. The summed E-state index contributed by atoms with van der Waals surface area (Å²) in [5.41, 5.74) is 2.56. The van der Waals surface area contributed by atoms with Crippen LogP contribution in [-0.4, -0.2) is 61.1 Å². The minimum Gasteiger partial charge on any atom is -0.369 e. The summed E-state index contributed by atoms with van der Waals surface area (Å²) >= 11 is 0. The van der Waals surface area contributed by atoms with Crippen LogP contribution in [0.4, 0.5) is 17.2 Å². The highest BCUT2D eigenvalue weighted by Crippen LogP contribution is 2.20. The van der Waals surface area contributed by atoms with Crippen molar-refractivity contribution in [2.75, 3.05) is 54.4 Å². The fourth-order valence-corrected chi connectivity index (χ4v) is 3.84. The number of hydrogen-bond acceptors (Lipinski definition) is 6. The maximum atomic E-state index is 12.5. The van der Waals surface area contributed by atoms with Gasteiger partial charge in [-0.05, 0) is 57.2 Å². The van der Waals surface area contributed by atoms with E-state index in [0.717, 1.165) is 49.9 Å². The zero-order valence-corrected chi connectivity index (χ0v) is 18.0. The Hall–Kier alpha value is -3.11. The van der Waals surface area contributed by atoms with Crippen LogP contribution in [0.1, 0.15) is 26.3 Å². The molecule has 1 aromatic carbocycles. The standard InChI is InChI=1S/C23H30N6O/c1-4-29(18(2)3)21-9-7-20(8-10-21)26-22(30)17-27-12-14-28(15-13-27)23-19(16-24)6-5-11-25-23/h5-11,18H,4,12-15,17H2,1-3H3,(H,26,30). The molecule has 0 unspecified atom stereocenters. The van der Waals surface area contributed by atoms with Crippen molar-refractivity contribution in [3.05, 3.63) is 48.2 Å². The zero-order chi connectivity index (χ0) is 21.5. The Morgan fingerprint density at radius 3 is 2.50 bits per heavy atom. The number of nitrogens with one attached hydrogen (secondary N) is 1. The first-order valence-corrected chi connectivity index (χ1v) is 10.5. The van der Waals surface area contributed by atoms with Crippen molar-refractivity contribution in [2.24, 2.45) is 0 Å². The zero-order valence-electron chi connectivity index (χ0n) is 18.0. The summed E-state index contributed by atoms with van der Waals surface area (Å²) in [5.74, 6) is 0.717. The lowest BCUT2D eigenvalue weighted by atomic mass is 10.2. The highest BCUT2D eigenvalue weighted by molar-refractivity contribution is 5.92. The summed E-state index contributed by atoms with van der Waals surface area (Å²) in [4.78, 5) is 23.4. The smallest absolute Gasteiger partial charge is 0.238 e. The van der Waals surface area contributed by atoms with Gasteiger partial charge in [-0.1, -0.05) is 0 Å². The molecule has 1 fully saturated rings. The second-order valence-corrected chi connectivity index (χ2v) is 7.72. The molecule has 1 aliphatic rings. The Bertz CT molecular complexity index is 881. The van der Waals surface area contributed by atoms with Gasteiger partial charge in [-0.3, -0.25) is 9.69 Å². The Balaban J connectivity index is 1.50. The van der Waals surface area contributed by atoms with Crippen LogP contribution in [0.15, 0.2) is 42.6 Å². The van der Waals surface area contributed by atoms with E-state index in [4.69, 9.17) is 0 Å². The molecule has 1 aromatic heterocycles. The molecular formula is C23H30N6O. The molecule has 0 aliphatic carbocycles. The molecule has 1 aliphatic heterocycles. The van der Waals surface area contributed by atoms with E-state index in [1.54, 1.807) is 18.3 Å². The minimum absolute atomic E-state index is 0.0112. The Morgan fingerprint density at radius 2 is 1.90 bits per heavy atom. The van der Waals surface area contributed by atoms with Crippen LogP contribution in [0.5, 0.6) is 0 Å². The number of pyridine rings is 1. The monoisotopic (exact) mass is 406 g/mol. The summed E-state index contributed by atoms with van der Waals surface area (Å²) in [6.45, 7) is 10.8. The number of amides is 1. The van der Waals surface area contributed by atoms with Gasteiger partial charge in [-0.25, -0.2) is 4.98 Å². The van der Waals surface area contributed by atoms with E-state index in [-0.39, 0.29) is 5.91 Å². The van der Waals surface area contributed by atoms with Gasteiger partial charge in [0, 0.05) is 56.3 Å². The number of anilines is 3. The van der Waals surface area contributed by atoms with Crippen LogP contribution in [0, 0.1) is 11.3 Å². The summed E-state index contributed by atoms with van der Waals surface area (Å²) in [6.07, 6.45) is 1.71. The van der Waals surface area contributed by atoms with E-state index in [1.807, 2.05) is 12.1 Å². The van der Waals surface area contributed by atoms with Crippen molar-refractivity contribution in [3.8, 4) is 6.07 Å². The molecule has 1 amide bonds.